The van der Waals surface area contributed by atoms with Gasteiger partial charge in [-0.05, 0) is 6.92 Å². The number of amides is 2. The number of carbonyl (C=O) groups is 1. The number of nitrogens with two attached hydrogens (primary N) is 2. The number of rotatable bonds is 0. The molecule has 5 heteroatoms. The zero-order valence-electron chi connectivity index (χ0n) is 4.92. The van der Waals surface area contributed by atoms with Crippen LogP contribution in [0.5, 0.6) is 0 Å². The summed E-state index contributed by atoms with van der Waals surface area (Å²) >= 11 is 0. The SMILES string of the molecule is CCO.N.NC(N)=O. The van der Waals surface area contributed by atoms with Crippen LogP contribution in [0.1, 0.15) is 6.92 Å². The van der Waals surface area contributed by atoms with E-state index in [9.17, 15) is 0 Å². The summed E-state index contributed by atoms with van der Waals surface area (Å²) in [5.41, 5.74) is 8.50. The molecule has 8 heavy (non-hydrogen) atoms. The molecule has 0 aliphatic heterocycles. The standard InChI is InChI=1S/C2H6O.CH4N2O.H3N/c1-2-3;2-1(3)4;/h3H,2H2,1H3;(H4,2,3,4);1H3. The molecule has 0 aliphatic rings. The largest absolute Gasteiger partial charge is 0.397 e. The van der Waals surface area contributed by atoms with Gasteiger partial charge in [0, 0.05) is 6.61 Å². The minimum Gasteiger partial charge on any atom is -0.397 e. The summed E-state index contributed by atoms with van der Waals surface area (Å²) in [6, 6.07) is -0.833. The second kappa shape index (κ2) is 16.4. The number of hydrogen-bond donors (Lipinski definition) is 4. The van der Waals surface area contributed by atoms with E-state index in [4.69, 9.17) is 9.90 Å². The lowest BCUT2D eigenvalue weighted by Gasteiger charge is -1.62. The Labute approximate surface area is 48.2 Å². The number of urea groups is 1. The normalized spacial score (nSPS) is 5.25. The highest BCUT2D eigenvalue weighted by Gasteiger charge is 1.60. The fourth-order valence-corrected chi connectivity index (χ4v) is 0. The third-order valence-electron chi connectivity index (χ3n) is 0. The van der Waals surface area contributed by atoms with Crippen LogP contribution in [0.4, 0.5) is 4.79 Å². The Morgan fingerprint density at radius 2 is 1.62 bits per heavy atom. The molecule has 0 aromatic rings. The summed E-state index contributed by atoms with van der Waals surface area (Å²) in [5.74, 6) is 0. The van der Waals surface area contributed by atoms with Crippen molar-refractivity contribution in [3.63, 3.8) is 0 Å². The van der Waals surface area contributed by atoms with Gasteiger partial charge in [-0.15, -0.1) is 0 Å². The fraction of sp³-hybridized carbons (Fsp3) is 0.667. The predicted molar refractivity (Wildman–Crippen MR) is 31.6 cm³/mol. The lowest BCUT2D eigenvalue weighted by molar-refractivity contribution is 0.256. The van der Waals surface area contributed by atoms with E-state index in [0.29, 0.717) is 0 Å². The number of aliphatic hydroxyl groups is 1. The van der Waals surface area contributed by atoms with Crippen LogP contribution in [0.3, 0.4) is 0 Å². The van der Waals surface area contributed by atoms with E-state index in [1.54, 1.807) is 6.92 Å². The van der Waals surface area contributed by atoms with Crippen molar-refractivity contribution in [2.75, 3.05) is 6.61 Å². The maximum absolute atomic E-state index is 9.00. The molecule has 0 unspecified atom stereocenters. The predicted octanol–water partition coefficient (Wildman–Crippen LogP) is -0.816. The Kier molecular flexibility index (Phi) is 32.1. The lowest BCUT2D eigenvalue weighted by atomic mass is 10.9. The molecular weight excluding hydrogens is 110 g/mol. The molecule has 0 fully saturated rings. The van der Waals surface area contributed by atoms with Crippen LogP contribution in [0.2, 0.25) is 0 Å². The second-order valence-corrected chi connectivity index (χ2v) is 0.719. The van der Waals surface area contributed by atoms with Crippen LogP contribution >= 0.6 is 0 Å². The molecule has 52 valence electrons. The molecular formula is C3H13N3O2. The summed E-state index contributed by atoms with van der Waals surface area (Å²) in [6.07, 6.45) is 0. The van der Waals surface area contributed by atoms with E-state index >= 15 is 0 Å². The van der Waals surface area contributed by atoms with Gasteiger partial charge in [-0.25, -0.2) is 4.79 Å². The number of hydrogen-bond acceptors (Lipinski definition) is 3. The maximum Gasteiger partial charge on any atom is 0.309 e. The van der Waals surface area contributed by atoms with Gasteiger partial charge in [0.2, 0.25) is 0 Å². The van der Waals surface area contributed by atoms with Gasteiger partial charge in [-0.1, -0.05) is 0 Å². The summed E-state index contributed by atoms with van der Waals surface area (Å²) in [7, 11) is 0. The monoisotopic (exact) mass is 123 g/mol. The summed E-state index contributed by atoms with van der Waals surface area (Å²) in [6.45, 7) is 1.93. The molecule has 0 saturated heterocycles. The topological polar surface area (TPSA) is 124 Å². The smallest absolute Gasteiger partial charge is 0.309 e. The Balaban J connectivity index is -0.0000000575. The third kappa shape index (κ3) is 139. The number of aliphatic hydroxyl groups excluding tert-OH is 1. The van der Waals surface area contributed by atoms with E-state index in [1.807, 2.05) is 0 Å². The maximum atomic E-state index is 9.00. The summed E-state index contributed by atoms with van der Waals surface area (Å²) in [4.78, 5) is 9.00. The first-order valence-corrected chi connectivity index (χ1v) is 1.80. The molecule has 0 bridgehead atoms. The average Bonchev–Trinajstić information content (AvgIpc) is 1.33. The molecule has 2 amide bonds. The Hall–Kier alpha value is -0.810. The van der Waals surface area contributed by atoms with Gasteiger partial charge in [0.1, 0.15) is 0 Å². The molecule has 5 nitrogen and oxygen atoms in total. The zero-order valence-corrected chi connectivity index (χ0v) is 4.92. The molecule has 0 aromatic heterocycles. The van der Waals surface area contributed by atoms with Crippen LogP contribution in [0, 0.1) is 0 Å². The van der Waals surface area contributed by atoms with E-state index < -0.39 is 6.03 Å². The van der Waals surface area contributed by atoms with Gasteiger partial charge < -0.3 is 22.7 Å². The van der Waals surface area contributed by atoms with Gasteiger partial charge >= 0.3 is 6.03 Å². The first-order valence-electron chi connectivity index (χ1n) is 1.80. The number of primary amides is 2. The Morgan fingerprint density at radius 3 is 1.62 bits per heavy atom. The van der Waals surface area contributed by atoms with Crippen molar-refractivity contribution in [2.24, 2.45) is 11.5 Å². The molecule has 0 radical (unpaired) electrons. The van der Waals surface area contributed by atoms with Gasteiger partial charge in [0.05, 0.1) is 0 Å². The van der Waals surface area contributed by atoms with Crippen molar-refractivity contribution < 1.29 is 9.90 Å². The highest BCUT2D eigenvalue weighted by molar-refractivity contribution is 5.69. The quantitative estimate of drug-likeness (QED) is 0.336. The van der Waals surface area contributed by atoms with E-state index in [-0.39, 0.29) is 12.8 Å². The Morgan fingerprint density at radius 1 is 1.62 bits per heavy atom. The van der Waals surface area contributed by atoms with Gasteiger partial charge in [-0.2, -0.15) is 0 Å². The second-order valence-electron chi connectivity index (χ2n) is 0.719. The zero-order chi connectivity index (χ0) is 6.28. The van der Waals surface area contributed by atoms with Crippen molar-refractivity contribution in [3.8, 4) is 0 Å². The van der Waals surface area contributed by atoms with Gasteiger partial charge in [0.15, 0.2) is 0 Å². The highest BCUT2D eigenvalue weighted by atomic mass is 16.2. The molecule has 0 atom stereocenters. The minimum atomic E-state index is -0.833. The molecule has 0 rings (SSSR count). The van der Waals surface area contributed by atoms with E-state index in [1.165, 1.54) is 0 Å². The van der Waals surface area contributed by atoms with Gasteiger partial charge in [0.25, 0.3) is 0 Å². The molecule has 0 aromatic carbocycles. The van der Waals surface area contributed by atoms with Crippen LogP contribution < -0.4 is 17.6 Å². The number of carbonyl (C=O) groups excluding carboxylic acids is 1. The van der Waals surface area contributed by atoms with Crippen molar-refractivity contribution in [3.05, 3.63) is 0 Å². The first-order chi connectivity index (χ1) is 3.15. The van der Waals surface area contributed by atoms with Crippen molar-refractivity contribution in [2.45, 2.75) is 6.92 Å². The molecule has 0 aliphatic carbocycles. The van der Waals surface area contributed by atoms with Crippen molar-refractivity contribution in [1.82, 2.24) is 6.15 Å². The molecule has 0 spiro atoms. The molecule has 8 N–H and O–H groups in total. The van der Waals surface area contributed by atoms with Crippen molar-refractivity contribution >= 4 is 6.03 Å². The van der Waals surface area contributed by atoms with Crippen LogP contribution in [0.15, 0.2) is 0 Å². The fourth-order valence-electron chi connectivity index (χ4n) is 0. The van der Waals surface area contributed by atoms with Gasteiger partial charge in [-0.3, -0.25) is 0 Å². The molecule has 0 saturated carbocycles. The summed E-state index contributed by atoms with van der Waals surface area (Å²) < 4.78 is 0. The Bertz CT molecular complexity index is 43.8. The van der Waals surface area contributed by atoms with Crippen LogP contribution in [-0.2, 0) is 0 Å². The third-order valence-corrected chi connectivity index (χ3v) is 0. The van der Waals surface area contributed by atoms with Crippen molar-refractivity contribution in [1.29, 1.82) is 0 Å². The molecule has 0 heterocycles. The average molecular weight is 123 g/mol. The van der Waals surface area contributed by atoms with E-state index in [2.05, 4.69) is 11.5 Å². The van der Waals surface area contributed by atoms with E-state index in [0.717, 1.165) is 0 Å². The summed E-state index contributed by atoms with van der Waals surface area (Å²) in [5, 5.41) is 7.57. The highest BCUT2D eigenvalue weighted by Crippen LogP contribution is 1.30. The van der Waals surface area contributed by atoms with Crippen LogP contribution in [0.25, 0.3) is 0 Å². The lowest BCUT2D eigenvalue weighted by Crippen LogP contribution is -2.18. The first kappa shape index (κ1) is 15.7. The van der Waals surface area contributed by atoms with Crippen LogP contribution in [-0.4, -0.2) is 17.7 Å². The minimum absolute atomic E-state index is 0.